The van der Waals surface area contributed by atoms with Gasteiger partial charge in [0.1, 0.15) is 23.0 Å². The van der Waals surface area contributed by atoms with E-state index < -0.39 is 16.8 Å². The molecular weight excluding hydrogens is 658 g/mol. The van der Waals surface area contributed by atoms with Gasteiger partial charge in [-0.1, -0.05) is 30.4 Å². The molecule has 0 spiro atoms. The molecule has 2 amide bonds. The number of aliphatic hydroxyl groups is 1. The Labute approximate surface area is 294 Å². The number of nitrogens with zero attached hydrogens (tertiary/aromatic N) is 4. The Bertz CT molecular complexity index is 2030. The lowest BCUT2D eigenvalue weighted by Crippen LogP contribution is -2.58. The fourth-order valence-electron chi connectivity index (χ4n) is 6.31. The fourth-order valence-corrected chi connectivity index (χ4v) is 6.61. The number of nitriles is 1. The first-order valence-electron chi connectivity index (χ1n) is 16.3. The van der Waals surface area contributed by atoms with Crippen LogP contribution in [-0.4, -0.2) is 82.1 Å². The summed E-state index contributed by atoms with van der Waals surface area (Å²) < 4.78 is 11.6. The number of nitrogens with one attached hydrogen (secondary N) is 3. The summed E-state index contributed by atoms with van der Waals surface area (Å²) in [4.78, 5) is 35.0. The van der Waals surface area contributed by atoms with E-state index in [9.17, 15) is 14.9 Å². The van der Waals surface area contributed by atoms with Crippen molar-refractivity contribution in [3.05, 3.63) is 94.8 Å². The van der Waals surface area contributed by atoms with Crippen molar-refractivity contribution in [1.82, 2.24) is 30.8 Å². The van der Waals surface area contributed by atoms with Crippen molar-refractivity contribution in [3.63, 3.8) is 0 Å². The molecule has 1 aliphatic heterocycles. The fraction of sp³-hybridized carbons (Fsp3) is 0.324. The van der Waals surface area contributed by atoms with Gasteiger partial charge in [-0.05, 0) is 47.9 Å². The van der Waals surface area contributed by atoms with Crippen LogP contribution < -0.4 is 20.7 Å². The second-order valence-corrected chi connectivity index (χ2v) is 13.4. The standard InChI is InChI=1S/C37H38ClN7O5/c1-22(47)42-28-20-45(21-28)19-23-12-26(16-39)34-30(13-23)43-36(50-34)25-7-4-6-24(14-25)29-8-5-9-33(37(29,2)38)44-35(48)31-15-32(49-3)27(18-41-31)17-40-10-11-46/h4-9,12-15,18,28,33,40,46H,10-11,17,19-21H2,1-3H3,(H,42,47)(H,44,48). The third-order valence-corrected chi connectivity index (χ3v) is 9.26. The van der Waals surface area contributed by atoms with E-state index in [2.05, 4.69) is 31.9 Å². The van der Waals surface area contributed by atoms with E-state index >= 15 is 0 Å². The number of halogens is 1. The molecule has 13 heteroatoms. The van der Waals surface area contributed by atoms with Gasteiger partial charge >= 0.3 is 0 Å². The number of hydrogen-bond donors (Lipinski definition) is 4. The Balaban J connectivity index is 1.19. The summed E-state index contributed by atoms with van der Waals surface area (Å²) in [5, 5.41) is 28.0. The predicted octanol–water partition coefficient (Wildman–Crippen LogP) is 3.92. The van der Waals surface area contributed by atoms with Gasteiger partial charge in [0, 0.05) is 63.0 Å². The number of carbonyl (C=O) groups excluding carboxylic acids is 2. The van der Waals surface area contributed by atoms with Gasteiger partial charge < -0.3 is 30.2 Å². The molecule has 2 aromatic heterocycles. The zero-order valence-corrected chi connectivity index (χ0v) is 28.8. The van der Waals surface area contributed by atoms with Crippen LogP contribution in [0.1, 0.15) is 46.6 Å². The van der Waals surface area contributed by atoms with E-state index in [0.29, 0.717) is 53.5 Å². The van der Waals surface area contributed by atoms with Gasteiger partial charge in [0.25, 0.3) is 5.91 Å². The summed E-state index contributed by atoms with van der Waals surface area (Å²) in [5.41, 5.74) is 5.59. The monoisotopic (exact) mass is 695 g/mol. The predicted molar refractivity (Wildman–Crippen MR) is 189 cm³/mol. The number of aliphatic hydroxyl groups excluding tert-OH is 1. The Morgan fingerprint density at radius 2 is 2.00 bits per heavy atom. The normalized spacial score (nSPS) is 19.0. The number of oxazole rings is 1. The van der Waals surface area contributed by atoms with Gasteiger partial charge in [0.2, 0.25) is 11.8 Å². The first-order chi connectivity index (χ1) is 24.1. The summed E-state index contributed by atoms with van der Waals surface area (Å²) in [6.45, 7) is 6.35. The third-order valence-electron chi connectivity index (χ3n) is 8.83. The van der Waals surface area contributed by atoms with Crippen LogP contribution in [0.5, 0.6) is 5.75 Å². The van der Waals surface area contributed by atoms with Gasteiger partial charge in [0.05, 0.1) is 36.2 Å². The van der Waals surface area contributed by atoms with Crippen molar-refractivity contribution in [2.75, 3.05) is 33.4 Å². The number of alkyl halides is 1. The summed E-state index contributed by atoms with van der Waals surface area (Å²) >= 11 is 7.23. The second-order valence-electron chi connectivity index (χ2n) is 12.6. The molecule has 0 radical (unpaired) electrons. The van der Waals surface area contributed by atoms with Crippen LogP contribution >= 0.6 is 11.6 Å². The quantitative estimate of drug-likeness (QED) is 0.126. The highest BCUT2D eigenvalue weighted by Gasteiger charge is 2.38. The number of allylic oxidation sites excluding steroid dienone is 2. The topological polar surface area (TPSA) is 166 Å². The molecule has 4 aromatic rings. The number of rotatable bonds is 12. The second kappa shape index (κ2) is 14.8. The lowest BCUT2D eigenvalue weighted by molar-refractivity contribution is -0.120. The number of benzene rings is 2. The molecule has 2 atom stereocenters. The van der Waals surface area contributed by atoms with Crippen LogP contribution in [0, 0.1) is 11.3 Å². The molecule has 2 aliphatic rings. The van der Waals surface area contributed by atoms with Crippen LogP contribution in [0.2, 0.25) is 0 Å². The summed E-state index contributed by atoms with van der Waals surface area (Å²) in [7, 11) is 1.53. The van der Waals surface area contributed by atoms with Crippen molar-refractivity contribution < 1.29 is 23.8 Å². The number of methoxy groups -OCH3 is 1. The largest absolute Gasteiger partial charge is 0.496 e. The van der Waals surface area contributed by atoms with Crippen molar-refractivity contribution in [2.24, 2.45) is 0 Å². The molecule has 1 fully saturated rings. The molecule has 12 nitrogen and oxygen atoms in total. The maximum Gasteiger partial charge on any atom is 0.270 e. The van der Waals surface area contributed by atoms with Crippen LogP contribution in [0.4, 0.5) is 0 Å². The zero-order chi connectivity index (χ0) is 35.4. The van der Waals surface area contributed by atoms with E-state index in [1.165, 1.54) is 14.0 Å². The third kappa shape index (κ3) is 7.41. The van der Waals surface area contributed by atoms with E-state index in [1.807, 2.05) is 61.5 Å². The maximum absolute atomic E-state index is 13.4. The minimum atomic E-state index is -1.03. The Morgan fingerprint density at radius 1 is 1.20 bits per heavy atom. The van der Waals surface area contributed by atoms with Crippen molar-refractivity contribution in [1.29, 1.82) is 5.26 Å². The van der Waals surface area contributed by atoms with Crippen LogP contribution in [0.15, 0.2) is 71.3 Å². The van der Waals surface area contributed by atoms with Crippen LogP contribution in [-0.2, 0) is 17.9 Å². The SMILES string of the molecule is COc1cc(C(=O)NC2C=CC=C(c3cccc(-c4nc5cc(CN6CC(NC(C)=O)C6)cc(C#N)c5o4)c3)C2(C)Cl)ncc1CNCCO. The first kappa shape index (κ1) is 34.8. The number of aromatic nitrogens is 2. The molecule has 258 valence electrons. The highest BCUT2D eigenvalue weighted by molar-refractivity contribution is 6.31. The number of pyridine rings is 1. The average molecular weight is 696 g/mol. The van der Waals surface area contributed by atoms with Gasteiger partial charge in [-0.25, -0.2) is 4.98 Å². The molecule has 1 saturated heterocycles. The maximum atomic E-state index is 13.4. The molecule has 6 rings (SSSR count). The number of amides is 2. The van der Waals surface area contributed by atoms with Crippen molar-refractivity contribution in [3.8, 4) is 23.3 Å². The van der Waals surface area contributed by atoms with Crippen molar-refractivity contribution in [2.45, 2.75) is 43.9 Å². The lowest BCUT2D eigenvalue weighted by atomic mass is 9.83. The van der Waals surface area contributed by atoms with Gasteiger partial charge in [0.15, 0.2) is 5.58 Å². The highest BCUT2D eigenvalue weighted by Crippen LogP contribution is 2.40. The number of carbonyl (C=O) groups is 2. The minimum Gasteiger partial charge on any atom is -0.496 e. The summed E-state index contributed by atoms with van der Waals surface area (Å²) in [6, 6.07) is 14.8. The van der Waals surface area contributed by atoms with Crippen molar-refractivity contribution >= 4 is 40.1 Å². The molecule has 50 heavy (non-hydrogen) atoms. The van der Waals surface area contributed by atoms with Crippen LogP contribution in [0.25, 0.3) is 28.1 Å². The number of likely N-dealkylation sites (tertiary alicyclic amines) is 1. The molecule has 0 saturated carbocycles. The molecular formula is C37H38ClN7O5. The number of hydrogen-bond acceptors (Lipinski definition) is 10. The average Bonchev–Trinajstić information content (AvgIpc) is 3.52. The highest BCUT2D eigenvalue weighted by atomic mass is 35.5. The number of ether oxygens (including phenoxy) is 1. The Morgan fingerprint density at radius 3 is 2.74 bits per heavy atom. The van der Waals surface area contributed by atoms with Crippen LogP contribution in [0.3, 0.4) is 0 Å². The molecule has 0 bridgehead atoms. The van der Waals surface area contributed by atoms with E-state index in [0.717, 1.165) is 35.4 Å². The summed E-state index contributed by atoms with van der Waals surface area (Å²) in [5.74, 6) is 0.427. The number of fused-ring (bicyclic) bond motifs is 1. The molecule has 2 aromatic carbocycles. The molecule has 1 aliphatic carbocycles. The Hall–Kier alpha value is -5.06. The molecule has 3 heterocycles. The molecule has 2 unspecified atom stereocenters. The van der Waals surface area contributed by atoms with Gasteiger partial charge in [-0.15, -0.1) is 11.6 Å². The zero-order valence-electron chi connectivity index (χ0n) is 28.0. The lowest BCUT2D eigenvalue weighted by Gasteiger charge is -2.39. The van der Waals surface area contributed by atoms with Gasteiger partial charge in [-0.2, -0.15) is 5.26 Å². The van der Waals surface area contributed by atoms with Gasteiger partial charge in [-0.3, -0.25) is 19.5 Å². The van der Waals surface area contributed by atoms with E-state index in [4.69, 9.17) is 30.8 Å². The molecule has 4 N–H and O–H groups in total. The summed E-state index contributed by atoms with van der Waals surface area (Å²) in [6.07, 6.45) is 7.19. The van der Waals surface area contributed by atoms with E-state index in [-0.39, 0.29) is 24.2 Å². The smallest absolute Gasteiger partial charge is 0.270 e. The first-order valence-corrected chi connectivity index (χ1v) is 16.6. The Kier molecular flexibility index (Phi) is 10.3. The van der Waals surface area contributed by atoms with E-state index in [1.54, 1.807) is 12.3 Å². The minimum absolute atomic E-state index is 0.00762.